The van der Waals surface area contributed by atoms with Gasteiger partial charge in [0.15, 0.2) is 5.78 Å². The van der Waals surface area contributed by atoms with Gasteiger partial charge in [0.25, 0.3) is 0 Å². The zero-order valence-electron chi connectivity index (χ0n) is 11.6. The Morgan fingerprint density at radius 3 is 2.86 bits per heavy atom. The molecule has 0 radical (unpaired) electrons. The smallest absolute Gasteiger partial charge is 0.166 e. The van der Waals surface area contributed by atoms with E-state index in [1.807, 2.05) is 24.3 Å². The van der Waals surface area contributed by atoms with Crippen LogP contribution in [0.5, 0.6) is 0 Å². The number of benzene rings is 2. The van der Waals surface area contributed by atoms with Gasteiger partial charge in [0.05, 0.1) is 0 Å². The quantitative estimate of drug-likeness (QED) is 0.702. The molecule has 1 nitrogen and oxygen atoms in total. The van der Waals surface area contributed by atoms with Crippen LogP contribution >= 0.6 is 15.9 Å². The van der Waals surface area contributed by atoms with Crippen molar-refractivity contribution in [2.45, 2.75) is 25.7 Å². The molecule has 3 heteroatoms. The highest BCUT2D eigenvalue weighted by molar-refractivity contribution is 9.10. The summed E-state index contributed by atoms with van der Waals surface area (Å²) < 4.78 is 14.8. The summed E-state index contributed by atoms with van der Waals surface area (Å²) in [6, 6.07) is 12.7. The van der Waals surface area contributed by atoms with Crippen LogP contribution in [-0.2, 0) is 12.8 Å². The maximum Gasteiger partial charge on any atom is 0.166 e. The van der Waals surface area contributed by atoms with Gasteiger partial charge >= 0.3 is 0 Å². The molecule has 1 unspecified atom stereocenters. The lowest BCUT2D eigenvalue weighted by atomic mass is 9.89. The molecular weight excluding hydrogens is 331 g/mol. The number of aryl methyl sites for hydroxylation is 1. The molecular formula is C18H16BrFO. The monoisotopic (exact) mass is 346 g/mol. The molecule has 0 heterocycles. The average molecular weight is 347 g/mol. The predicted octanol–water partition coefficient (Wildman–Crippen LogP) is 4.97. The van der Waals surface area contributed by atoms with Crippen molar-refractivity contribution < 1.29 is 9.18 Å². The number of hydrogen-bond acceptors (Lipinski definition) is 1. The number of fused-ring (bicyclic) bond motifs is 1. The van der Waals surface area contributed by atoms with E-state index in [4.69, 9.17) is 0 Å². The molecule has 1 aliphatic carbocycles. The molecule has 0 N–H and O–H groups in total. The van der Waals surface area contributed by atoms with Crippen molar-refractivity contribution >= 4 is 21.7 Å². The van der Waals surface area contributed by atoms with Crippen LogP contribution in [0.1, 0.15) is 34.3 Å². The minimum Gasteiger partial charge on any atom is -0.294 e. The van der Waals surface area contributed by atoms with Crippen molar-refractivity contribution in [2.24, 2.45) is 5.92 Å². The Morgan fingerprint density at radius 1 is 1.19 bits per heavy atom. The number of halogens is 2. The van der Waals surface area contributed by atoms with Crippen LogP contribution < -0.4 is 0 Å². The molecule has 0 amide bonds. The highest BCUT2D eigenvalue weighted by Gasteiger charge is 2.26. The minimum atomic E-state index is -0.233. The van der Waals surface area contributed by atoms with Crippen molar-refractivity contribution in [3.05, 3.63) is 69.4 Å². The van der Waals surface area contributed by atoms with Crippen molar-refractivity contribution in [1.82, 2.24) is 0 Å². The number of rotatable bonds is 2. The minimum absolute atomic E-state index is 0.127. The third kappa shape index (κ3) is 3.08. The first-order valence-corrected chi connectivity index (χ1v) is 8.00. The molecule has 0 aliphatic heterocycles. The van der Waals surface area contributed by atoms with Crippen molar-refractivity contribution in [2.75, 3.05) is 0 Å². The van der Waals surface area contributed by atoms with Gasteiger partial charge in [-0.15, -0.1) is 0 Å². The van der Waals surface area contributed by atoms with Crippen LogP contribution in [-0.4, -0.2) is 5.78 Å². The SMILES string of the molecule is O=C1c2ccccc2CCCC1Cc1cc(Br)ccc1F. The van der Waals surface area contributed by atoms with Gasteiger partial charge in [-0.25, -0.2) is 4.39 Å². The second kappa shape index (κ2) is 6.10. The van der Waals surface area contributed by atoms with E-state index in [-0.39, 0.29) is 17.5 Å². The second-order valence-corrected chi connectivity index (χ2v) is 6.47. The fourth-order valence-corrected chi connectivity index (χ4v) is 3.44. The highest BCUT2D eigenvalue weighted by Crippen LogP contribution is 2.28. The van der Waals surface area contributed by atoms with E-state index in [2.05, 4.69) is 15.9 Å². The molecule has 3 rings (SSSR count). The van der Waals surface area contributed by atoms with Gasteiger partial charge in [0.2, 0.25) is 0 Å². The third-order valence-electron chi connectivity index (χ3n) is 4.13. The lowest BCUT2D eigenvalue weighted by Crippen LogP contribution is -2.17. The molecule has 21 heavy (non-hydrogen) atoms. The fraction of sp³-hybridized carbons (Fsp3) is 0.278. The summed E-state index contributed by atoms with van der Waals surface area (Å²) in [4.78, 5) is 12.7. The molecule has 0 saturated carbocycles. The molecule has 1 atom stereocenters. The van der Waals surface area contributed by atoms with Crippen LogP contribution in [0.2, 0.25) is 0 Å². The Bertz CT molecular complexity index is 681. The summed E-state index contributed by atoms with van der Waals surface area (Å²) in [5, 5.41) is 0. The molecule has 0 saturated heterocycles. The van der Waals surface area contributed by atoms with E-state index in [1.54, 1.807) is 12.1 Å². The first-order valence-electron chi connectivity index (χ1n) is 7.21. The van der Waals surface area contributed by atoms with Crippen molar-refractivity contribution in [3.63, 3.8) is 0 Å². The number of Topliss-reactive ketones (excluding diaryl/α,β-unsaturated/α-hetero) is 1. The number of ketones is 1. The number of carbonyl (C=O) groups excluding carboxylic acids is 1. The van der Waals surface area contributed by atoms with Crippen molar-refractivity contribution in [1.29, 1.82) is 0 Å². The largest absolute Gasteiger partial charge is 0.294 e. The van der Waals surface area contributed by atoms with Crippen LogP contribution in [0.4, 0.5) is 4.39 Å². The summed E-state index contributed by atoms with van der Waals surface area (Å²) >= 11 is 3.37. The zero-order chi connectivity index (χ0) is 14.8. The van der Waals surface area contributed by atoms with Gasteiger partial charge in [-0.2, -0.15) is 0 Å². The van der Waals surface area contributed by atoms with E-state index < -0.39 is 0 Å². The zero-order valence-corrected chi connectivity index (χ0v) is 13.2. The normalized spacial score (nSPS) is 18.2. The Balaban J connectivity index is 1.89. The first kappa shape index (κ1) is 14.5. The van der Waals surface area contributed by atoms with Gasteiger partial charge in [-0.1, -0.05) is 40.2 Å². The van der Waals surface area contributed by atoms with Gasteiger partial charge < -0.3 is 0 Å². The lowest BCUT2D eigenvalue weighted by Gasteiger charge is -2.14. The number of carbonyl (C=O) groups is 1. The highest BCUT2D eigenvalue weighted by atomic mass is 79.9. The Labute approximate surface area is 132 Å². The third-order valence-corrected chi connectivity index (χ3v) is 4.62. The molecule has 1 aliphatic rings. The number of hydrogen-bond donors (Lipinski definition) is 0. The predicted molar refractivity (Wildman–Crippen MR) is 85.0 cm³/mol. The Morgan fingerprint density at radius 2 is 2.00 bits per heavy atom. The van der Waals surface area contributed by atoms with E-state index in [1.165, 1.54) is 6.07 Å². The Kier molecular flexibility index (Phi) is 4.20. The maximum atomic E-state index is 13.9. The van der Waals surface area contributed by atoms with Gasteiger partial charge in [-0.3, -0.25) is 4.79 Å². The molecule has 0 bridgehead atoms. The first-order chi connectivity index (χ1) is 10.1. The Hall–Kier alpha value is -1.48. The van der Waals surface area contributed by atoms with Gasteiger partial charge in [-0.05, 0) is 55.0 Å². The van der Waals surface area contributed by atoms with E-state index in [0.717, 1.165) is 34.9 Å². The van der Waals surface area contributed by atoms with E-state index in [0.29, 0.717) is 12.0 Å². The molecule has 0 spiro atoms. The van der Waals surface area contributed by atoms with Crippen LogP contribution in [0.15, 0.2) is 46.9 Å². The second-order valence-electron chi connectivity index (χ2n) is 5.55. The summed E-state index contributed by atoms with van der Waals surface area (Å²) in [6.45, 7) is 0. The van der Waals surface area contributed by atoms with Crippen LogP contribution in [0.25, 0.3) is 0 Å². The standard InChI is InChI=1S/C18H16BrFO/c19-15-8-9-17(20)14(11-15)10-13-6-3-5-12-4-1-2-7-16(12)18(13)21/h1-2,4,7-9,11,13H,3,5-6,10H2. The van der Waals surface area contributed by atoms with E-state index >= 15 is 0 Å². The van der Waals surface area contributed by atoms with Gasteiger partial charge in [0.1, 0.15) is 5.82 Å². The van der Waals surface area contributed by atoms with Crippen LogP contribution in [0.3, 0.4) is 0 Å². The maximum absolute atomic E-state index is 13.9. The molecule has 2 aromatic rings. The topological polar surface area (TPSA) is 17.1 Å². The van der Waals surface area contributed by atoms with Crippen molar-refractivity contribution in [3.8, 4) is 0 Å². The molecule has 0 fully saturated rings. The summed E-state index contributed by atoms with van der Waals surface area (Å²) in [5.74, 6) is -0.205. The molecule has 2 aromatic carbocycles. The summed E-state index contributed by atoms with van der Waals surface area (Å²) in [6.07, 6.45) is 3.19. The molecule has 108 valence electrons. The lowest BCUT2D eigenvalue weighted by molar-refractivity contribution is 0.0915. The van der Waals surface area contributed by atoms with Gasteiger partial charge in [0, 0.05) is 16.0 Å². The summed E-state index contributed by atoms with van der Waals surface area (Å²) in [7, 11) is 0. The molecule has 0 aromatic heterocycles. The van der Waals surface area contributed by atoms with Crippen LogP contribution in [0, 0.1) is 11.7 Å². The summed E-state index contributed by atoms with van der Waals surface area (Å²) in [5.41, 5.74) is 2.55. The average Bonchev–Trinajstić information content (AvgIpc) is 2.64. The van der Waals surface area contributed by atoms with E-state index in [9.17, 15) is 9.18 Å². The fourth-order valence-electron chi connectivity index (χ4n) is 3.03.